The van der Waals surface area contributed by atoms with E-state index >= 15 is 0 Å². The van der Waals surface area contributed by atoms with E-state index in [0.29, 0.717) is 5.95 Å². The Balaban J connectivity index is 0.836. The zero-order chi connectivity index (χ0) is 59.2. The number of benzene rings is 13. The molecule has 5 nitrogen and oxygen atoms in total. The lowest BCUT2D eigenvalue weighted by atomic mass is 9.67. The van der Waals surface area contributed by atoms with Crippen molar-refractivity contribution in [2.24, 2.45) is 0 Å². The summed E-state index contributed by atoms with van der Waals surface area (Å²) in [6.45, 7) is 0. The van der Waals surface area contributed by atoms with Crippen molar-refractivity contribution in [3.8, 4) is 39.8 Å². The van der Waals surface area contributed by atoms with E-state index in [-0.39, 0.29) is 0 Å². The molecule has 1 aliphatic carbocycles. The largest absolute Gasteiger partial charge is 0.309 e. The van der Waals surface area contributed by atoms with E-state index in [1.54, 1.807) is 0 Å². The molecular formula is C83H47N5S3. The highest BCUT2D eigenvalue weighted by Crippen LogP contribution is 2.58. The van der Waals surface area contributed by atoms with Crippen LogP contribution in [0.25, 0.3) is 166 Å². The van der Waals surface area contributed by atoms with Gasteiger partial charge in [-0.1, -0.05) is 188 Å². The van der Waals surface area contributed by atoms with Crippen molar-refractivity contribution < 1.29 is 0 Å². The van der Waals surface area contributed by atoms with E-state index in [1.165, 1.54) is 132 Å². The predicted octanol–water partition coefficient (Wildman–Crippen LogP) is 22.9. The minimum Gasteiger partial charge on any atom is -0.309 e. The second kappa shape index (κ2) is 18.5. The zero-order valence-corrected chi connectivity index (χ0v) is 51.0. The smallest absolute Gasteiger partial charge is 0.237 e. The molecule has 0 saturated heterocycles. The quantitative estimate of drug-likeness (QED) is 0.166. The molecule has 0 aliphatic heterocycles. The van der Waals surface area contributed by atoms with Crippen molar-refractivity contribution in [3.63, 3.8) is 0 Å². The average molecular weight is 1210 g/mol. The van der Waals surface area contributed by atoms with Crippen molar-refractivity contribution in [2.45, 2.75) is 5.41 Å². The minimum absolute atomic E-state index is 0.609. The summed E-state index contributed by atoms with van der Waals surface area (Å²) >= 11 is 5.57. The Morgan fingerprint density at radius 3 is 1.19 bits per heavy atom. The first-order valence-corrected chi connectivity index (χ1v) is 33.4. The number of hydrogen-bond acceptors (Lipinski definition) is 5. The number of hydrogen-bond donors (Lipinski definition) is 0. The number of nitrogens with zero attached hydrogens (tertiary/aromatic N) is 5. The number of para-hydroxylation sites is 3. The Bertz CT molecular complexity index is 6290. The molecule has 0 radical (unpaired) electrons. The lowest BCUT2D eigenvalue weighted by molar-refractivity contribution is 0.767. The van der Waals surface area contributed by atoms with Gasteiger partial charge in [-0.15, -0.1) is 34.0 Å². The second-order valence-corrected chi connectivity index (χ2v) is 27.6. The fourth-order valence-electron chi connectivity index (χ4n) is 15.9. The standard InChI is InChI=1S/C83H47N5S3/c1-3-19-49(20-4-1)83(50-21-5-2-6-22-50)66-39-48(35-37-52(66)53-38-36-51(40-67(53)83)86-69-29-13-7-23-54(69)60-41-63-57-26-10-16-32-75(57)89-78(63)45-72(60)86)68-44-81(87-70-30-14-8-24-55(70)61-42-64-58-27-11-17-33-76(58)90-79(64)46-73(61)87)85-82(84-68)88-71-31-15-9-25-56(71)62-43-65-59-28-12-18-34-77(59)91-80(65)47-74(62)88/h1-47H. The molecular weight excluding hydrogens is 1160 g/mol. The molecule has 0 N–H and O–H groups in total. The van der Waals surface area contributed by atoms with Crippen LogP contribution < -0.4 is 0 Å². The molecule has 0 spiro atoms. The summed E-state index contributed by atoms with van der Waals surface area (Å²) in [5.41, 5.74) is 16.2. The SMILES string of the molecule is c1ccc(C2(c3ccccc3)c3cc(-c4cc(-n5c6ccccc6c6cc7c(cc65)sc5ccccc57)nc(-n5c6ccccc6c6cc7c(cc65)sc5ccccc57)n4)ccc3-c3ccc(-n4c5ccccc5c5cc6c(cc54)sc4ccccc46)cc32)cc1. The molecule has 13 aromatic carbocycles. The monoisotopic (exact) mass is 1210 g/mol. The highest BCUT2D eigenvalue weighted by molar-refractivity contribution is 7.26. The third kappa shape index (κ3) is 6.88. The molecule has 91 heavy (non-hydrogen) atoms. The van der Waals surface area contributed by atoms with Crippen LogP contribution in [0.2, 0.25) is 0 Å². The Kier molecular flexibility index (Phi) is 10.2. The maximum Gasteiger partial charge on any atom is 0.237 e. The van der Waals surface area contributed by atoms with Crippen LogP contribution >= 0.6 is 34.0 Å². The number of fused-ring (bicyclic) bond motifs is 21. The highest BCUT2D eigenvalue weighted by atomic mass is 32.1. The van der Waals surface area contributed by atoms with Crippen LogP contribution in [-0.4, -0.2) is 23.7 Å². The molecule has 1 aliphatic rings. The molecule has 0 amide bonds. The van der Waals surface area contributed by atoms with Crippen LogP contribution in [0.3, 0.4) is 0 Å². The molecule has 0 fully saturated rings. The zero-order valence-electron chi connectivity index (χ0n) is 48.6. The van der Waals surface area contributed by atoms with Crippen LogP contribution in [0.4, 0.5) is 0 Å². The van der Waals surface area contributed by atoms with Crippen molar-refractivity contribution >= 4 is 160 Å². The van der Waals surface area contributed by atoms with Gasteiger partial charge in [0, 0.05) is 110 Å². The fourth-order valence-corrected chi connectivity index (χ4v) is 19.2. The van der Waals surface area contributed by atoms with Crippen molar-refractivity contribution in [1.82, 2.24) is 23.7 Å². The van der Waals surface area contributed by atoms with Crippen LogP contribution in [0, 0.1) is 0 Å². The molecule has 0 saturated carbocycles. The predicted molar refractivity (Wildman–Crippen MR) is 386 cm³/mol. The summed E-state index contributed by atoms with van der Waals surface area (Å²) in [6.07, 6.45) is 0. The Morgan fingerprint density at radius 1 is 0.264 bits per heavy atom. The first kappa shape index (κ1) is 49.9. The first-order chi connectivity index (χ1) is 45.1. The summed E-state index contributed by atoms with van der Waals surface area (Å²) in [4.78, 5) is 11.7. The van der Waals surface area contributed by atoms with Gasteiger partial charge in [-0.05, 0) is 124 Å². The number of thiophene rings is 3. The molecule has 422 valence electrons. The van der Waals surface area contributed by atoms with Crippen molar-refractivity contribution in [3.05, 3.63) is 307 Å². The third-order valence-electron chi connectivity index (χ3n) is 19.7. The van der Waals surface area contributed by atoms with Gasteiger partial charge in [-0.2, -0.15) is 4.98 Å². The number of rotatable bonds is 6. The Labute approximate surface area is 532 Å². The molecule has 0 atom stereocenters. The van der Waals surface area contributed by atoms with Crippen LogP contribution in [0.1, 0.15) is 22.3 Å². The molecule has 20 aromatic rings. The summed E-state index contributed by atoms with van der Waals surface area (Å²) in [6, 6.07) is 106. The van der Waals surface area contributed by atoms with Crippen LogP contribution in [0.15, 0.2) is 285 Å². The molecule has 21 rings (SSSR count). The van der Waals surface area contributed by atoms with Gasteiger partial charge in [0.2, 0.25) is 5.95 Å². The van der Waals surface area contributed by atoms with Gasteiger partial charge in [0.1, 0.15) is 5.82 Å². The topological polar surface area (TPSA) is 40.6 Å². The van der Waals surface area contributed by atoms with Gasteiger partial charge in [-0.25, -0.2) is 4.98 Å². The minimum atomic E-state index is -0.736. The highest BCUT2D eigenvalue weighted by Gasteiger charge is 2.47. The summed E-state index contributed by atoms with van der Waals surface area (Å²) < 4.78 is 14.9. The average Bonchev–Trinajstić information content (AvgIpc) is 1.57. The van der Waals surface area contributed by atoms with Crippen LogP contribution in [0.5, 0.6) is 0 Å². The van der Waals surface area contributed by atoms with Gasteiger partial charge < -0.3 is 4.57 Å². The van der Waals surface area contributed by atoms with E-state index in [1.807, 2.05) is 34.0 Å². The lowest BCUT2D eigenvalue weighted by Gasteiger charge is -2.34. The number of aromatic nitrogens is 5. The Hall–Kier alpha value is -11.0. The van der Waals surface area contributed by atoms with Crippen molar-refractivity contribution in [1.29, 1.82) is 0 Å². The lowest BCUT2D eigenvalue weighted by Crippen LogP contribution is -2.28. The van der Waals surface area contributed by atoms with Gasteiger partial charge in [0.05, 0.1) is 44.2 Å². The molecule has 0 bridgehead atoms. The van der Waals surface area contributed by atoms with E-state index < -0.39 is 5.41 Å². The molecule has 7 aromatic heterocycles. The van der Waals surface area contributed by atoms with Gasteiger partial charge in [-0.3, -0.25) is 9.13 Å². The molecule has 0 unspecified atom stereocenters. The second-order valence-electron chi connectivity index (χ2n) is 24.3. The Morgan fingerprint density at radius 2 is 0.670 bits per heavy atom. The summed E-state index contributed by atoms with van der Waals surface area (Å²) in [5, 5.41) is 14.9. The first-order valence-electron chi connectivity index (χ1n) is 30.9. The molecule has 7 heterocycles. The van der Waals surface area contributed by atoms with Gasteiger partial charge >= 0.3 is 0 Å². The summed E-state index contributed by atoms with van der Waals surface area (Å²) in [7, 11) is 0. The van der Waals surface area contributed by atoms with Crippen LogP contribution in [-0.2, 0) is 5.41 Å². The van der Waals surface area contributed by atoms with E-state index in [9.17, 15) is 0 Å². The molecule has 8 heteroatoms. The summed E-state index contributed by atoms with van der Waals surface area (Å²) in [5.74, 6) is 1.41. The fraction of sp³-hybridized carbons (Fsp3) is 0.0120. The maximum atomic E-state index is 5.87. The third-order valence-corrected chi connectivity index (χ3v) is 23.1. The van der Waals surface area contributed by atoms with Gasteiger partial charge in [0.25, 0.3) is 0 Å². The normalized spacial score (nSPS) is 13.1. The van der Waals surface area contributed by atoms with Gasteiger partial charge in [0.15, 0.2) is 0 Å². The maximum absolute atomic E-state index is 5.87. The van der Waals surface area contributed by atoms with E-state index in [4.69, 9.17) is 9.97 Å². The van der Waals surface area contributed by atoms with Crippen molar-refractivity contribution in [2.75, 3.05) is 0 Å². The van der Waals surface area contributed by atoms with E-state index in [2.05, 4.69) is 299 Å². The van der Waals surface area contributed by atoms with E-state index in [0.717, 1.165) is 50.2 Å².